The lowest BCUT2D eigenvalue weighted by atomic mass is 10.0. The quantitative estimate of drug-likeness (QED) is 0.799. The number of hydrogen-bond donors (Lipinski definition) is 1. The van der Waals surface area contributed by atoms with Crippen LogP contribution >= 0.6 is 0 Å². The number of nitrogens with two attached hydrogens (primary N) is 1. The Morgan fingerprint density at radius 1 is 1.27 bits per heavy atom. The van der Waals surface area contributed by atoms with Crippen LogP contribution in [-0.2, 0) is 6.54 Å². The molecule has 0 aliphatic carbocycles. The van der Waals surface area contributed by atoms with Crippen LogP contribution in [0.2, 0.25) is 0 Å². The molecule has 0 aliphatic heterocycles. The Morgan fingerprint density at radius 2 is 1.87 bits per heavy atom. The molecule has 0 amide bonds. The van der Waals surface area contributed by atoms with Gasteiger partial charge >= 0.3 is 0 Å². The van der Waals surface area contributed by atoms with Crippen LogP contribution in [0, 0.1) is 12.5 Å². The molecule has 2 atom stereocenters. The second kappa shape index (κ2) is 5.89. The van der Waals surface area contributed by atoms with Crippen LogP contribution in [0.15, 0.2) is 30.3 Å². The van der Waals surface area contributed by atoms with Crippen LogP contribution in [-0.4, -0.2) is 18.0 Å². The molecular weight excluding hydrogens is 184 g/mol. The van der Waals surface area contributed by atoms with E-state index in [0.29, 0.717) is 5.92 Å². The highest BCUT2D eigenvalue weighted by molar-refractivity contribution is 5.14. The minimum absolute atomic E-state index is 0.211. The van der Waals surface area contributed by atoms with Gasteiger partial charge in [-0.1, -0.05) is 37.3 Å². The van der Waals surface area contributed by atoms with Crippen molar-refractivity contribution < 1.29 is 0 Å². The molecule has 0 saturated heterocycles. The molecule has 15 heavy (non-hydrogen) atoms. The molecular formula is C13H21N2. The number of hydrogen-bond acceptors (Lipinski definition) is 2. The summed E-state index contributed by atoms with van der Waals surface area (Å²) in [7, 11) is 2.09. The van der Waals surface area contributed by atoms with Gasteiger partial charge in [-0.2, -0.15) is 0 Å². The topological polar surface area (TPSA) is 29.3 Å². The van der Waals surface area contributed by atoms with E-state index in [1.807, 2.05) is 13.0 Å². The summed E-state index contributed by atoms with van der Waals surface area (Å²) in [4.78, 5) is 2.20. The molecule has 2 nitrogen and oxygen atoms in total. The Labute approximate surface area is 93.1 Å². The minimum atomic E-state index is 0.211. The van der Waals surface area contributed by atoms with E-state index in [1.54, 1.807) is 0 Å². The van der Waals surface area contributed by atoms with Gasteiger partial charge in [-0.25, -0.2) is 0 Å². The van der Waals surface area contributed by atoms with Gasteiger partial charge in [-0.15, -0.1) is 0 Å². The molecule has 1 rings (SSSR count). The summed E-state index contributed by atoms with van der Waals surface area (Å²) >= 11 is 0. The highest BCUT2D eigenvalue weighted by atomic mass is 15.1. The largest absolute Gasteiger partial charge is 0.328 e. The van der Waals surface area contributed by atoms with E-state index < -0.39 is 0 Å². The van der Waals surface area contributed by atoms with Crippen molar-refractivity contribution >= 4 is 0 Å². The lowest BCUT2D eigenvalue weighted by molar-refractivity contribution is 0.329. The molecule has 0 heterocycles. The summed E-state index contributed by atoms with van der Waals surface area (Å²) < 4.78 is 0. The van der Waals surface area contributed by atoms with E-state index in [2.05, 4.69) is 49.7 Å². The lowest BCUT2D eigenvalue weighted by Crippen LogP contribution is -2.30. The predicted octanol–water partition coefficient (Wildman–Crippen LogP) is 2.26. The van der Waals surface area contributed by atoms with Crippen LogP contribution in [0.3, 0.4) is 0 Å². The van der Waals surface area contributed by atoms with Crippen molar-refractivity contribution in [2.24, 2.45) is 11.7 Å². The van der Waals surface area contributed by atoms with E-state index in [4.69, 9.17) is 5.73 Å². The van der Waals surface area contributed by atoms with Crippen molar-refractivity contribution in [2.75, 3.05) is 7.05 Å². The molecule has 83 valence electrons. The number of nitrogens with zero attached hydrogens (tertiary/aromatic N) is 1. The number of rotatable bonds is 5. The molecule has 0 bridgehead atoms. The first-order valence-electron chi connectivity index (χ1n) is 5.44. The maximum atomic E-state index is 5.82. The molecule has 0 aromatic heterocycles. The third-order valence-electron chi connectivity index (χ3n) is 2.59. The first kappa shape index (κ1) is 12.2. The van der Waals surface area contributed by atoms with Crippen LogP contribution in [0.25, 0.3) is 0 Å². The second-order valence-corrected chi connectivity index (χ2v) is 4.27. The monoisotopic (exact) mass is 205 g/mol. The Kier molecular flexibility index (Phi) is 4.79. The van der Waals surface area contributed by atoms with Crippen molar-refractivity contribution in [3.63, 3.8) is 0 Å². The van der Waals surface area contributed by atoms with E-state index in [1.165, 1.54) is 5.56 Å². The smallest absolute Gasteiger partial charge is 0.0295 e. The molecule has 2 N–H and O–H groups in total. The van der Waals surface area contributed by atoms with Crippen LogP contribution in [0.1, 0.15) is 19.4 Å². The average Bonchev–Trinajstić information content (AvgIpc) is 2.18. The molecule has 0 fully saturated rings. The average molecular weight is 205 g/mol. The first-order valence-corrected chi connectivity index (χ1v) is 5.44. The maximum Gasteiger partial charge on any atom is 0.0295 e. The molecule has 0 saturated carbocycles. The zero-order chi connectivity index (χ0) is 11.3. The summed E-state index contributed by atoms with van der Waals surface area (Å²) in [5.74, 6) is 0.415. The lowest BCUT2D eigenvalue weighted by Gasteiger charge is -2.23. The Balaban J connectivity index is 2.39. The van der Waals surface area contributed by atoms with Gasteiger partial charge in [0.25, 0.3) is 0 Å². The van der Waals surface area contributed by atoms with Crippen LogP contribution < -0.4 is 5.73 Å². The summed E-state index contributed by atoms with van der Waals surface area (Å²) in [5, 5.41) is 0. The SMILES string of the molecule is CC([CH]N(C)Cc1ccccc1)[C@H](C)N. The maximum absolute atomic E-state index is 5.82. The van der Waals surface area contributed by atoms with Gasteiger partial charge in [0.1, 0.15) is 0 Å². The Hall–Kier alpha value is -0.860. The van der Waals surface area contributed by atoms with Gasteiger partial charge in [0, 0.05) is 19.1 Å². The van der Waals surface area contributed by atoms with Gasteiger partial charge in [0.15, 0.2) is 0 Å². The van der Waals surface area contributed by atoms with Gasteiger partial charge in [-0.3, -0.25) is 4.90 Å². The Bertz CT molecular complexity index is 269. The van der Waals surface area contributed by atoms with Crippen molar-refractivity contribution in [2.45, 2.75) is 26.4 Å². The molecule has 1 radical (unpaired) electrons. The van der Waals surface area contributed by atoms with Gasteiger partial charge in [-0.05, 0) is 25.5 Å². The fourth-order valence-corrected chi connectivity index (χ4v) is 1.46. The fraction of sp³-hybridized carbons (Fsp3) is 0.462. The van der Waals surface area contributed by atoms with E-state index in [0.717, 1.165) is 6.54 Å². The highest BCUT2D eigenvalue weighted by Gasteiger charge is 2.10. The van der Waals surface area contributed by atoms with E-state index >= 15 is 0 Å². The molecule has 0 aliphatic rings. The van der Waals surface area contributed by atoms with Crippen molar-refractivity contribution in [3.05, 3.63) is 42.4 Å². The van der Waals surface area contributed by atoms with E-state index in [9.17, 15) is 0 Å². The zero-order valence-electron chi connectivity index (χ0n) is 9.85. The standard InChI is InChI=1S/C13H21N2/c1-11(12(2)14)9-15(3)10-13-7-5-4-6-8-13/h4-9,11-12H,10,14H2,1-3H3/t11?,12-/m0/s1. The van der Waals surface area contributed by atoms with Crippen LogP contribution in [0.5, 0.6) is 0 Å². The third-order valence-corrected chi connectivity index (χ3v) is 2.59. The van der Waals surface area contributed by atoms with E-state index in [-0.39, 0.29) is 6.04 Å². The highest BCUT2D eigenvalue weighted by Crippen LogP contribution is 2.10. The predicted molar refractivity (Wildman–Crippen MR) is 65.0 cm³/mol. The van der Waals surface area contributed by atoms with Crippen LogP contribution in [0.4, 0.5) is 0 Å². The van der Waals surface area contributed by atoms with Gasteiger partial charge in [0.05, 0.1) is 0 Å². The fourth-order valence-electron chi connectivity index (χ4n) is 1.46. The normalized spacial score (nSPS) is 15.3. The molecule has 1 unspecified atom stereocenters. The summed E-state index contributed by atoms with van der Waals surface area (Å²) in [6.45, 7) is 7.32. The Morgan fingerprint density at radius 3 is 2.40 bits per heavy atom. The second-order valence-electron chi connectivity index (χ2n) is 4.27. The summed E-state index contributed by atoms with van der Waals surface area (Å²) in [6.07, 6.45) is 0. The van der Waals surface area contributed by atoms with Gasteiger partial charge < -0.3 is 5.73 Å². The van der Waals surface area contributed by atoms with Crippen molar-refractivity contribution in [3.8, 4) is 0 Å². The zero-order valence-corrected chi connectivity index (χ0v) is 9.85. The number of benzene rings is 1. The van der Waals surface area contributed by atoms with Gasteiger partial charge in [0.2, 0.25) is 0 Å². The molecule has 1 aromatic rings. The van der Waals surface area contributed by atoms with Crippen molar-refractivity contribution in [1.82, 2.24) is 4.90 Å². The first-order chi connectivity index (χ1) is 7.09. The minimum Gasteiger partial charge on any atom is -0.328 e. The molecule has 1 aromatic carbocycles. The summed E-state index contributed by atoms with van der Waals surface area (Å²) in [5.41, 5.74) is 7.15. The summed E-state index contributed by atoms with van der Waals surface area (Å²) in [6, 6.07) is 10.7. The molecule has 0 spiro atoms. The van der Waals surface area contributed by atoms with Crippen molar-refractivity contribution in [1.29, 1.82) is 0 Å². The molecule has 2 heteroatoms. The third kappa shape index (κ3) is 4.45.